The topological polar surface area (TPSA) is 42.0 Å². The van der Waals surface area contributed by atoms with Gasteiger partial charge in [-0.1, -0.05) is 48.2 Å². The largest absolute Gasteiger partial charge is 0.322 e. The van der Waals surface area contributed by atoms with E-state index in [1.165, 1.54) is 11.8 Å². The number of pyridine rings is 1. The smallest absolute Gasteiger partial charge is 0.258 e. The molecule has 1 amide bonds. The number of hydrogen-bond acceptors (Lipinski definition) is 3. The van der Waals surface area contributed by atoms with Gasteiger partial charge < -0.3 is 5.32 Å². The fourth-order valence-corrected chi connectivity index (χ4v) is 3.05. The zero-order valence-corrected chi connectivity index (χ0v) is 13.5. The number of carbonyl (C=O) groups is 1. The number of rotatable bonds is 4. The molecule has 0 atom stereocenters. The van der Waals surface area contributed by atoms with Gasteiger partial charge in [-0.2, -0.15) is 0 Å². The summed E-state index contributed by atoms with van der Waals surface area (Å²) in [6.07, 6.45) is 1.70. The number of aromatic nitrogens is 1. The SMILES string of the molecule is Cc1ccccc1NC(=O)c1cccnc1Sc1ccccc1. The first-order chi connectivity index (χ1) is 11.2. The molecule has 0 unspecified atom stereocenters. The molecule has 0 aliphatic rings. The summed E-state index contributed by atoms with van der Waals surface area (Å²) in [7, 11) is 0. The predicted octanol–water partition coefficient (Wildman–Crippen LogP) is 4.79. The summed E-state index contributed by atoms with van der Waals surface area (Å²) < 4.78 is 0. The van der Waals surface area contributed by atoms with Crippen LogP contribution in [0.3, 0.4) is 0 Å². The molecule has 23 heavy (non-hydrogen) atoms. The van der Waals surface area contributed by atoms with Gasteiger partial charge in [0.1, 0.15) is 5.03 Å². The van der Waals surface area contributed by atoms with E-state index in [0.29, 0.717) is 10.6 Å². The highest BCUT2D eigenvalue weighted by atomic mass is 32.2. The Hall–Kier alpha value is -2.59. The number of benzene rings is 2. The van der Waals surface area contributed by atoms with E-state index in [4.69, 9.17) is 0 Å². The highest BCUT2D eigenvalue weighted by molar-refractivity contribution is 7.99. The molecule has 0 saturated heterocycles. The van der Waals surface area contributed by atoms with Gasteiger partial charge in [0.15, 0.2) is 0 Å². The number of anilines is 1. The Morgan fingerprint density at radius 1 is 0.957 bits per heavy atom. The van der Waals surface area contributed by atoms with E-state index < -0.39 is 0 Å². The highest BCUT2D eigenvalue weighted by Crippen LogP contribution is 2.28. The average molecular weight is 320 g/mol. The van der Waals surface area contributed by atoms with Crippen LogP contribution in [0.1, 0.15) is 15.9 Å². The molecule has 0 fully saturated rings. The molecule has 0 saturated carbocycles. The molecule has 3 rings (SSSR count). The minimum atomic E-state index is -0.147. The predicted molar refractivity (Wildman–Crippen MR) is 93.9 cm³/mol. The van der Waals surface area contributed by atoms with Crippen molar-refractivity contribution in [1.29, 1.82) is 0 Å². The third-order valence-electron chi connectivity index (χ3n) is 3.37. The molecule has 1 heterocycles. The van der Waals surface area contributed by atoms with Crippen molar-refractivity contribution >= 4 is 23.4 Å². The van der Waals surface area contributed by atoms with Crippen LogP contribution in [-0.4, -0.2) is 10.9 Å². The van der Waals surface area contributed by atoms with E-state index in [2.05, 4.69) is 10.3 Å². The maximum Gasteiger partial charge on any atom is 0.258 e. The molecule has 3 aromatic rings. The minimum absolute atomic E-state index is 0.147. The Balaban J connectivity index is 1.85. The van der Waals surface area contributed by atoms with Crippen LogP contribution >= 0.6 is 11.8 Å². The second-order valence-electron chi connectivity index (χ2n) is 5.04. The Morgan fingerprint density at radius 2 is 1.70 bits per heavy atom. The van der Waals surface area contributed by atoms with Crippen molar-refractivity contribution in [2.24, 2.45) is 0 Å². The van der Waals surface area contributed by atoms with Gasteiger partial charge in [0, 0.05) is 16.8 Å². The summed E-state index contributed by atoms with van der Waals surface area (Å²) in [6, 6.07) is 21.2. The molecule has 114 valence electrons. The molecule has 3 nitrogen and oxygen atoms in total. The van der Waals surface area contributed by atoms with Crippen LogP contribution in [0.4, 0.5) is 5.69 Å². The number of nitrogens with one attached hydrogen (secondary N) is 1. The van der Waals surface area contributed by atoms with Crippen LogP contribution < -0.4 is 5.32 Å². The van der Waals surface area contributed by atoms with Crippen LogP contribution in [0.2, 0.25) is 0 Å². The lowest BCUT2D eigenvalue weighted by Gasteiger charge is -2.10. The quantitative estimate of drug-likeness (QED) is 0.751. The van der Waals surface area contributed by atoms with Crippen LogP contribution in [0.5, 0.6) is 0 Å². The maximum absolute atomic E-state index is 12.6. The minimum Gasteiger partial charge on any atom is -0.322 e. The third kappa shape index (κ3) is 3.79. The molecule has 0 aliphatic heterocycles. The van der Waals surface area contributed by atoms with Gasteiger partial charge in [0.05, 0.1) is 5.56 Å². The molecule has 1 aromatic heterocycles. The monoisotopic (exact) mass is 320 g/mol. The maximum atomic E-state index is 12.6. The van der Waals surface area contributed by atoms with E-state index in [1.807, 2.05) is 61.5 Å². The average Bonchev–Trinajstić information content (AvgIpc) is 2.58. The van der Waals surface area contributed by atoms with Crippen molar-refractivity contribution in [1.82, 2.24) is 4.98 Å². The van der Waals surface area contributed by atoms with Crippen molar-refractivity contribution < 1.29 is 4.79 Å². The molecular weight excluding hydrogens is 304 g/mol. The van der Waals surface area contributed by atoms with Crippen LogP contribution in [0.15, 0.2) is 82.8 Å². The van der Waals surface area contributed by atoms with Crippen LogP contribution in [-0.2, 0) is 0 Å². The number of hydrogen-bond donors (Lipinski definition) is 1. The van der Waals surface area contributed by atoms with E-state index >= 15 is 0 Å². The van der Waals surface area contributed by atoms with E-state index in [-0.39, 0.29) is 5.91 Å². The second-order valence-corrected chi connectivity index (χ2v) is 6.10. The number of amides is 1. The molecule has 0 aliphatic carbocycles. The molecule has 0 radical (unpaired) electrons. The van der Waals surface area contributed by atoms with Gasteiger partial charge in [-0.15, -0.1) is 0 Å². The van der Waals surface area contributed by atoms with E-state index in [9.17, 15) is 4.79 Å². The summed E-state index contributed by atoms with van der Waals surface area (Å²) in [5.41, 5.74) is 2.42. The fourth-order valence-electron chi connectivity index (χ4n) is 2.15. The summed E-state index contributed by atoms with van der Waals surface area (Å²) >= 11 is 1.49. The summed E-state index contributed by atoms with van der Waals surface area (Å²) in [4.78, 5) is 18.0. The van der Waals surface area contributed by atoms with Crippen molar-refractivity contribution in [3.63, 3.8) is 0 Å². The standard InChI is InChI=1S/C19H16N2OS/c1-14-8-5-6-12-17(14)21-18(22)16-11-7-13-20-19(16)23-15-9-3-2-4-10-15/h2-13H,1H3,(H,21,22). The van der Waals surface area contributed by atoms with Crippen molar-refractivity contribution in [2.45, 2.75) is 16.8 Å². The van der Waals surface area contributed by atoms with Crippen molar-refractivity contribution in [3.8, 4) is 0 Å². The Labute approximate surface area is 139 Å². The van der Waals surface area contributed by atoms with Gasteiger partial charge in [-0.3, -0.25) is 4.79 Å². The van der Waals surface area contributed by atoms with Crippen molar-refractivity contribution in [3.05, 3.63) is 84.1 Å². The second kappa shape index (κ2) is 7.11. The van der Waals surface area contributed by atoms with Crippen molar-refractivity contribution in [2.75, 3.05) is 5.32 Å². The normalized spacial score (nSPS) is 10.3. The van der Waals surface area contributed by atoms with Gasteiger partial charge in [0.25, 0.3) is 5.91 Å². The summed E-state index contributed by atoms with van der Waals surface area (Å²) in [6.45, 7) is 1.97. The lowest BCUT2D eigenvalue weighted by Crippen LogP contribution is -2.14. The van der Waals surface area contributed by atoms with E-state index in [1.54, 1.807) is 18.3 Å². The first-order valence-electron chi connectivity index (χ1n) is 7.29. The van der Waals surface area contributed by atoms with Crippen LogP contribution in [0, 0.1) is 6.92 Å². The Kier molecular flexibility index (Phi) is 4.74. The summed E-state index contributed by atoms with van der Waals surface area (Å²) in [5, 5.41) is 3.66. The van der Waals surface area contributed by atoms with Gasteiger partial charge in [0.2, 0.25) is 0 Å². The molecule has 2 aromatic carbocycles. The number of carbonyl (C=O) groups excluding carboxylic acids is 1. The molecule has 1 N–H and O–H groups in total. The zero-order chi connectivity index (χ0) is 16.1. The van der Waals surface area contributed by atoms with Gasteiger partial charge in [-0.05, 0) is 42.8 Å². The fraction of sp³-hybridized carbons (Fsp3) is 0.0526. The third-order valence-corrected chi connectivity index (χ3v) is 4.39. The van der Waals surface area contributed by atoms with Gasteiger partial charge >= 0.3 is 0 Å². The molecule has 4 heteroatoms. The number of aryl methyl sites for hydroxylation is 1. The molecule has 0 spiro atoms. The molecule has 0 bridgehead atoms. The Bertz CT molecular complexity index is 818. The first kappa shape index (κ1) is 15.3. The molecular formula is C19H16N2OS. The van der Waals surface area contributed by atoms with E-state index in [0.717, 1.165) is 16.1 Å². The number of nitrogens with zero attached hydrogens (tertiary/aromatic N) is 1. The summed E-state index contributed by atoms with van der Waals surface area (Å²) in [5.74, 6) is -0.147. The lowest BCUT2D eigenvalue weighted by molar-refractivity contribution is 0.102. The lowest BCUT2D eigenvalue weighted by atomic mass is 10.2. The Morgan fingerprint density at radius 3 is 2.48 bits per heavy atom. The highest BCUT2D eigenvalue weighted by Gasteiger charge is 2.14. The number of para-hydroxylation sites is 1. The zero-order valence-electron chi connectivity index (χ0n) is 12.7. The van der Waals surface area contributed by atoms with Gasteiger partial charge in [-0.25, -0.2) is 4.98 Å². The first-order valence-corrected chi connectivity index (χ1v) is 8.10. The van der Waals surface area contributed by atoms with Crippen LogP contribution in [0.25, 0.3) is 0 Å².